The maximum Gasteiger partial charge on any atom is 0.0944 e. The first-order valence-electron chi connectivity index (χ1n) is 6.09. The average molecular weight is 239 g/mol. The zero-order valence-corrected chi connectivity index (χ0v) is 11.0. The summed E-state index contributed by atoms with van der Waals surface area (Å²) in [4.78, 5) is 8.59. The van der Waals surface area contributed by atoms with Gasteiger partial charge in [0.15, 0.2) is 0 Å². The van der Waals surface area contributed by atoms with Gasteiger partial charge in [0.05, 0.1) is 16.7 Å². The van der Waals surface area contributed by atoms with E-state index < -0.39 is 0 Å². The minimum Gasteiger partial charge on any atom is -0.330 e. The quantitative estimate of drug-likeness (QED) is 0.878. The Morgan fingerprint density at radius 3 is 3.00 bits per heavy atom. The molecule has 0 amide bonds. The second-order valence-corrected chi connectivity index (χ2v) is 5.87. The van der Waals surface area contributed by atoms with Gasteiger partial charge in [-0.25, -0.2) is 4.98 Å². The molecule has 0 aromatic carbocycles. The highest BCUT2D eigenvalue weighted by Crippen LogP contribution is 2.33. The molecule has 0 aliphatic carbocycles. The molecule has 3 nitrogen and oxygen atoms in total. The Labute approximate surface area is 102 Å². The number of hydrogen-bond acceptors (Lipinski definition) is 4. The fraction of sp³-hybridized carbons (Fsp3) is 0.750. The summed E-state index contributed by atoms with van der Waals surface area (Å²) < 4.78 is 0. The Hall–Kier alpha value is -0.450. The molecular formula is C12H21N3S. The lowest BCUT2D eigenvalue weighted by Gasteiger charge is -2.31. The first-order valence-corrected chi connectivity index (χ1v) is 6.90. The smallest absolute Gasteiger partial charge is 0.0944 e. The van der Waals surface area contributed by atoms with Crippen molar-refractivity contribution in [2.24, 2.45) is 5.73 Å². The number of nitrogens with zero attached hydrogens (tertiary/aromatic N) is 2. The van der Waals surface area contributed by atoms with Crippen molar-refractivity contribution in [1.82, 2.24) is 9.88 Å². The standard InChI is InChI=1S/C12H21N3S/c1-9-12(14-11(16-9)6-7-13)10-5-3-4-8-15(10)2/h10H,3-8,13H2,1-2H3. The maximum atomic E-state index is 5.58. The normalized spacial score (nSPS) is 22.6. The van der Waals surface area contributed by atoms with E-state index in [0.717, 1.165) is 6.42 Å². The fourth-order valence-corrected chi connectivity index (χ4v) is 3.43. The van der Waals surface area contributed by atoms with Crippen LogP contribution in [0, 0.1) is 6.92 Å². The van der Waals surface area contributed by atoms with Gasteiger partial charge in [0.1, 0.15) is 0 Å². The van der Waals surface area contributed by atoms with Crippen LogP contribution < -0.4 is 5.73 Å². The molecule has 2 rings (SSSR count). The molecular weight excluding hydrogens is 218 g/mol. The molecule has 2 N–H and O–H groups in total. The Kier molecular flexibility index (Phi) is 3.95. The second-order valence-electron chi connectivity index (χ2n) is 4.58. The second kappa shape index (κ2) is 5.25. The van der Waals surface area contributed by atoms with E-state index in [0.29, 0.717) is 12.6 Å². The van der Waals surface area contributed by atoms with Crippen LogP contribution in [0.4, 0.5) is 0 Å². The van der Waals surface area contributed by atoms with E-state index in [4.69, 9.17) is 10.7 Å². The van der Waals surface area contributed by atoms with Gasteiger partial charge >= 0.3 is 0 Å². The summed E-state index contributed by atoms with van der Waals surface area (Å²) >= 11 is 1.82. The van der Waals surface area contributed by atoms with Gasteiger partial charge in [-0.2, -0.15) is 0 Å². The van der Waals surface area contributed by atoms with Gasteiger partial charge in [0.25, 0.3) is 0 Å². The molecule has 1 aliphatic heterocycles. The summed E-state index contributed by atoms with van der Waals surface area (Å²) in [6.07, 6.45) is 4.83. The molecule has 0 radical (unpaired) electrons. The van der Waals surface area contributed by atoms with Crippen molar-refractivity contribution < 1.29 is 0 Å². The van der Waals surface area contributed by atoms with Crippen molar-refractivity contribution >= 4 is 11.3 Å². The lowest BCUT2D eigenvalue weighted by molar-refractivity contribution is 0.183. The summed E-state index contributed by atoms with van der Waals surface area (Å²) in [6.45, 7) is 4.09. The fourth-order valence-electron chi connectivity index (χ4n) is 2.43. The number of aromatic nitrogens is 1. The largest absolute Gasteiger partial charge is 0.330 e. The zero-order chi connectivity index (χ0) is 11.5. The third-order valence-corrected chi connectivity index (χ3v) is 4.37. The van der Waals surface area contributed by atoms with E-state index in [2.05, 4.69) is 18.9 Å². The van der Waals surface area contributed by atoms with E-state index in [-0.39, 0.29) is 0 Å². The van der Waals surface area contributed by atoms with Gasteiger partial charge in [0, 0.05) is 11.3 Å². The molecule has 1 aromatic rings. The highest BCUT2D eigenvalue weighted by Gasteiger charge is 2.24. The number of aryl methyl sites for hydroxylation is 1. The average Bonchev–Trinajstić information content (AvgIpc) is 2.61. The topological polar surface area (TPSA) is 42.1 Å². The molecule has 0 spiro atoms. The maximum absolute atomic E-state index is 5.58. The SMILES string of the molecule is Cc1sc(CCN)nc1C1CCCCN1C. The summed E-state index contributed by atoms with van der Waals surface area (Å²) in [6, 6.07) is 0.538. The van der Waals surface area contributed by atoms with Crippen LogP contribution in [0.1, 0.15) is 40.9 Å². The first kappa shape index (κ1) is 12.0. The molecule has 0 bridgehead atoms. The summed E-state index contributed by atoms with van der Waals surface area (Å²) in [5.41, 5.74) is 6.88. The van der Waals surface area contributed by atoms with Crippen LogP contribution in [0.5, 0.6) is 0 Å². The molecule has 1 saturated heterocycles. The summed E-state index contributed by atoms with van der Waals surface area (Å²) in [7, 11) is 2.21. The molecule has 1 aromatic heterocycles. The number of likely N-dealkylation sites (tertiary alicyclic amines) is 1. The van der Waals surface area contributed by atoms with Crippen molar-refractivity contribution in [2.45, 2.75) is 38.6 Å². The molecule has 1 atom stereocenters. The molecule has 90 valence electrons. The summed E-state index contributed by atoms with van der Waals surface area (Å²) in [5, 5.41) is 1.20. The number of hydrogen-bond donors (Lipinski definition) is 1. The van der Waals surface area contributed by atoms with Crippen LogP contribution in [0.3, 0.4) is 0 Å². The third-order valence-electron chi connectivity index (χ3n) is 3.32. The van der Waals surface area contributed by atoms with Gasteiger partial charge in [-0.05, 0) is 39.9 Å². The highest BCUT2D eigenvalue weighted by atomic mass is 32.1. The number of nitrogens with two attached hydrogens (primary N) is 1. The minimum absolute atomic E-state index is 0.538. The van der Waals surface area contributed by atoms with Crippen molar-refractivity contribution in [3.05, 3.63) is 15.6 Å². The van der Waals surface area contributed by atoms with Crippen LogP contribution in [0.2, 0.25) is 0 Å². The van der Waals surface area contributed by atoms with E-state index >= 15 is 0 Å². The van der Waals surface area contributed by atoms with Crippen LogP contribution in [0.15, 0.2) is 0 Å². The molecule has 1 fully saturated rings. The van der Waals surface area contributed by atoms with Crippen molar-refractivity contribution in [2.75, 3.05) is 20.1 Å². The van der Waals surface area contributed by atoms with Crippen molar-refractivity contribution in [3.63, 3.8) is 0 Å². The van der Waals surface area contributed by atoms with Gasteiger partial charge < -0.3 is 5.73 Å². The molecule has 1 aliphatic rings. The zero-order valence-electron chi connectivity index (χ0n) is 10.2. The van der Waals surface area contributed by atoms with Gasteiger partial charge in [-0.15, -0.1) is 11.3 Å². The van der Waals surface area contributed by atoms with Crippen LogP contribution in [-0.2, 0) is 6.42 Å². The van der Waals surface area contributed by atoms with E-state index in [1.165, 1.54) is 41.4 Å². The number of piperidine rings is 1. The Morgan fingerprint density at radius 2 is 2.31 bits per heavy atom. The molecule has 1 unspecified atom stereocenters. The van der Waals surface area contributed by atoms with Crippen LogP contribution in [-0.4, -0.2) is 30.0 Å². The van der Waals surface area contributed by atoms with Gasteiger partial charge in [-0.1, -0.05) is 6.42 Å². The minimum atomic E-state index is 0.538. The van der Waals surface area contributed by atoms with Crippen molar-refractivity contribution in [1.29, 1.82) is 0 Å². The molecule has 0 saturated carbocycles. The van der Waals surface area contributed by atoms with E-state index in [1.54, 1.807) is 0 Å². The molecule has 4 heteroatoms. The van der Waals surface area contributed by atoms with Gasteiger partial charge in [0.2, 0.25) is 0 Å². The Morgan fingerprint density at radius 1 is 1.50 bits per heavy atom. The predicted octanol–water partition coefficient (Wildman–Crippen LogP) is 2.11. The van der Waals surface area contributed by atoms with E-state index in [1.807, 2.05) is 11.3 Å². The summed E-state index contributed by atoms with van der Waals surface area (Å²) in [5.74, 6) is 0. The monoisotopic (exact) mass is 239 g/mol. The number of thiazole rings is 1. The Balaban J connectivity index is 2.18. The van der Waals surface area contributed by atoms with Gasteiger partial charge in [-0.3, -0.25) is 4.90 Å². The first-order chi connectivity index (χ1) is 7.72. The third kappa shape index (κ3) is 2.44. The lowest BCUT2D eigenvalue weighted by atomic mass is 9.99. The number of rotatable bonds is 3. The molecule has 16 heavy (non-hydrogen) atoms. The Bertz CT molecular complexity index is 348. The van der Waals surface area contributed by atoms with Crippen LogP contribution >= 0.6 is 11.3 Å². The van der Waals surface area contributed by atoms with Crippen LogP contribution in [0.25, 0.3) is 0 Å². The molecule has 2 heterocycles. The highest BCUT2D eigenvalue weighted by molar-refractivity contribution is 7.11. The van der Waals surface area contributed by atoms with E-state index in [9.17, 15) is 0 Å². The lowest BCUT2D eigenvalue weighted by Crippen LogP contribution is -2.30. The van der Waals surface area contributed by atoms with Crippen molar-refractivity contribution in [3.8, 4) is 0 Å². The predicted molar refractivity (Wildman–Crippen MR) is 68.8 cm³/mol.